The number of hydrogen-bond acceptors (Lipinski definition) is 22. The van der Waals surface area contributed by atoms with Gasteiger partial charge in [0.1, 0.15) is 41.2 Å². The molecule has 4 heterocycles. The molecule has 25 nitrogen and oxygen atoms in total. The van der Waals surface area contributed by atoms with Crippen LogP contribution in [0.1, 0.15) is 101 Å². The van der Waals surface area contributed by atoms with E-state index in [9.17, 15) is 43.3 Å². The number of likely N-dealkylation sites (tertiary alicyclic amines) is 1. The van der Waals surface area contributed by atoms with E-state index in [2.05, 4.69) is 46.1 Å². The number of carbonyl (C=O) groups excluding carboxylic acids is 3. The quantitative estimate of drug-likeness (QED) is 0.0145. The van der Waals surface area contributed by atoms with Gasteiger partial charge in [-0.15, -0.1) is 0 Å². The molecule has 4 aromatic carbocycles. The van der Waals surface area contributed by atoms with Gasteiger partial charge in [0.15, 0.2) is 11.6 Å². The number of aromatic nitrogens is 4. The molecule has 95 heavy (non-hydrogen) atoms. The summed E-state index contributed by atoms with van der Waals surface area (Å²) in [7, 11) is -5.14. The van der Waals surface area contributed by atoms with Crippen molar-refractivity contribution in [1.82, 2.24) is 24.8 Å². The number of rotatable bonds is 15. The Morgan fingerprint density at radius 1 is 0.674 bits per heavy atom. The molecule has 6 aromatic rings. The Hall–Kier alpha value is -4.75. The van der Waals surface area contributed by atoms with Crippen LogP contribution in [-0.4, -0.2) is 117 Å². The number of nitrogens with zero attached hydrogens (tertiary/aromatic N) is 8. The number of esters is 1. The van der Waals surface area contributed by atoms with Crippen molar-refractivity contribution >= 4 is 130 Å². The first-order valence-electron chi connectivity index (χ1n) is 29.9. The fourth-order valence-corrected chi connectivity index (χ4v) is 14.0. The van der Waals surface area contributed by atoms with Crippen molar-refractivity contribution in [2.45, 2.75) is 111 Å². The molecule has 2 saturated heterocycles. The van der Waals surface area contributed by atoms with Gasteiger partial charge in [-0.3, -0.25) is 29.8 Å². The topological polar surface area (TPSA) is 329 Å². The standard InChI is InChI=1S/C31H38ClN6O5P.C18H16ClFN5O3P.C13H23NO2.CH2O3.2K.H/c1-30(2,3)43-28(39)20-17-31(18-20)12-14-37(15-13-31)24-11-10-21(16-25(24)38(40)41)34-29-33-19-22(32)27(36-29)35-23-8-6-7-9-26(23)44(4,5)42;1-29(2,28)16-6-4-3-5-14(16)23-17-12(19)10-21-18(24-17)22-11-7-8-13(20)15(9-11)25(26)27;1-12(2,3)16-11(15)14-9-13(10-14)7-5-4-6-8-13;2-1-4-3;;;/h6-11,16,19-20H,12-15,17-18H2,1-5H3,(H2,33,34,35,36);3-10H,1-2H3,(H2,21,22,23,24);4-10H2,1-3H3;1,3H;;;/q;;;;2*+1;-1/p-1. The molecule has 0 atom stereocenters. The van der Waals surface area contributed by atoms with E-state index in [1.807, 2.05) is 63.5 Å². The second-order valence-corrected chi connectivity index (χ2v) is 33.3. The second-order valence-electron chi connectivity index (χ2n) is 26.1. The minimum atomic E-state index is -2.58. The van der Waals surface area contributed by atoms with Gasteiger partial charge in [0, 0.05) is 65.7 Å². The summed E-state index contributed by atoms with van der Waals surface area (Å²) >= 11 is 12.6. The number of hydrogen-bond donors (Lipinski definition) is 4. The molecule has 0 radical (unpaired) electrons. The number of amides is 1. The maximum absolute atomic E-state index is 13.5. The summed E-state index contributed by atoms with van der Waals surface area (Å²) in [5.74, 6) is -0.302. The van der Waals surface area contributed by atoms with E-state index in [0.29, 0.717) is 57.7 Å². The summed E-state index contributed by atoms with van der Waals surface area (Å²) in [5, 5.41) is 45.3. The van der Waals surface area contributed by atoms with E-state index in [0.717, 1.165) is 50.9 Å². The number of nitro groups is 2. The average Bonchev–Trinajstić information content (AvgIpc) is 0.767. The molecule has 2 aliphatic carbocycles. The van der Waals surface area contributed by atoms with Crippen LogP contribution in [0.2, 0.25) is 10.0 Å². The van der Waals surface area contributed by atoms with Crippen molar-refractivity contribution < 1.29 is 162 Å². The molecule has 1 amide bonds. The number of benzene rings is 4. The average molecular weight is 1440 g/mol. The minimum absolute atomic E-state index is 0. The van der Waals surface area contributed by atoms with Gasteiger partial charge in [0.05, 0.1) is 39.5 Å². The molecule has 502 valence electrons. The van der Waals surface area contributed by atoms with E-state index < -0.39 is 36.3 Å². The molecule has 0 bridgehead atoms. The van der Waals surface area contributed by atoms with Crippen LogP contribution in [0.25, 0.3) is 0 Å². The smallest absolute Gasteiger partial charge is 1.00 e. The summed E-state index contributed by atoms with van der Waals surface area (Å²) < 4.78 is 49.7. The molecule has 0 unspecified atom stereocenters. The van der Waals surface area contributed by atoms with E-state index >= 15 is 0 Å². The molecule has 32 heteroatoms. The Morgan fingerprint density at radius 3 is 1.55 bits per heavy atom. The van der Waals surface area contributed by atoms with Gasteiger partial charge in [-0.25, -0.2) is 14.8 Å². The zero-order valence-corrected chi connectivity index (χ0v) is 65.0. The number of carbonyl (C=O) groups is 3. The monoisotopic (exact) mass is 1440 g/mol. The summed E-state index contributed by atoms with van der Waals surface area (Å²) in [4.78, 5) is 78.2. The van der Waals surface area contributed by atoms with Crippen LogP contribution in [0.15, 0.2) is 97.3 Å². The van der Waals surface area contributed by atoms with Crippen LogP contribution in [0.5, 0.6) is 0 Å². The van der Waals surface area contributed by atoms with E-state index in [1.165, 1.54) is 56.6 Å². The fourth-order valence-electron chi connectivity index (χ4n) is 11.4. The molecule has 2 saturated carbocycles. The van der Waals surface area contributed by atoms with Crippen molar-refractivity contribution in [2.75, 3.05) is 79.0 Å². The van der Waals surface area contributed by atoms with Crippen LogP contribution in [0.4, 0.5) is 72.5 Å². The largest absolute Gasteiger partial charge is 1.00 e. The number of ether oxygens (including phenoxy) is 2. The van der Waals surface area contributed by atoms with E-state index in [1.54, 1.807) is 75.2 Å². The Labute approximate surface area is 648 Å². The molecule has 10 rings (SSSR count). The van der Waals surface area contributed by atoms with E-state index in [-0.39, 0.29) is 184 Å². The van der Waals surface area contributed by atoms with E-state index in [4.69, 9.17) is 42.7 Å². The minimum Gasteiger partial charge on any atom is -1.00 e. The number of anilines is 9. The van der Waals surface area contributed by atoms with Gasteiger partial charge in [-0.1, -0.05) is 66.7 Å². The van der Waals surface area contributed by atoms with Gasteiger partial charge < -0.3 is 61.2 Å². The predicted octanol–water partition coefficient (Wildman–Crippen LogP) is 7.77. The Kier molecular flexibility index (Phi) is 29.7. The zero-order chi connectivity index (χ0) is 68.3. The van der Waals surface area contributed by atoms with Crippen LogP contribution in [-0.2, 0) is 33.1 Å². The molecule has 4 fully saturated rings. The van der Waals surface area contributed by atoms with Crippen molar-refractivity contribution in [3.05, 3.63) is 133 Å². The second kappa shape index (κ2) is 34.8. The summed E-state index contributed by atoms with van der Waals surface area (Å²) in [6.07, 6.45) is 12.6. The maximum atomic E-state index is 13.5. The van der Waals surface area contributed by atoms with Gasteiger partial charge in [0.2, 0.25) is 17.7 Å². The summed E-state index contributed by atoms with van der Waals surface area (Å²) in [5.41, 5.74) is 1.45. The van der Waals surface area contributed by atoms with Crippen molar-refractivity contribution in [3.8, 4) is 0 Å². The number of halogens is 3. The zero-order valence-electron chi connectivity index (χ0n) is 56.5. The summed E-state index contributed by atoms with van der Waals surface area (Å²) in [6.45, 7) is 21.1. The van der Waals surface area contributed by atoms with Gasteiger partial charge in [0.25, 0.3) is 12.2 Å². The van der Waals surface area contributed by atoms with Gasteiger partial charge in [-0.05, 0) is 161 Å². The van der Waals surface area contributed by atoms with Crippen LogP contribution >= 0.6 is 37.5 Å². The Bertz CT molecular complexity index is 3800. The molecule has 2 spiro atoms. The predicted molar refractivity (Wildman–Crippen MR) is 358 cm³/mol. The Balaban J connectivity index is 0.000000323. The third-order valence-corrected chi connectivity index (χ3v) is 19.4. The number of nitro benzene ring substituents is 2. The normalized spacial score (nSPS) is 15.4. The third-order valence-electron chi connectivity index (χ3n) is 15.7. The molecule has 2 aromatic heterocycles. The van der Waals surface area contributed by atoms with Crippen molar-refractivity contribution in [2.24, 2.45) is 16.7 Å². The Morgan fingerprint density at radius 2 is 1.12 bits per heavy atom. The fraction of sp³-hybridized carbons (Fsp3) is 0.444. The van der Waals surface area contributed by atoms with Gasteiger partial charge in [-0.2, -0.15) is 14.4 Å². The first kappa shape index (κ1) is 80.9. The summed E-state index contributed by atoms with van der Waals surface area (Å²) in [6, 6.07) is 22.7. The molecule has 4 N–H and O–H groups in total. The molecule has 2 aliphatic heterocycles. The van der Waals surface area contributed by atoms with Gasteiger partial charge >= 0.3 is 121 Å². The van der Waals surface area contributed by atoms with Crippen LogP contribution in [0.3, 0.4) is 0 Å². The third kappa shape index (κ3) is 23.4. The van der Waals surface area contributed by atoms with Crippen LogP contribution < -0.4 is 145 Å². The number of piperidine rings is 1. The number of nitrogens with one attached hydrogen (secondary N) is 4. The first-order chi connectivity index (χ1) is 43.6. The van der Waals surface area contributed by atoms with Crippen LogP contribution in [0, 0.1) is 42.8 Å². The SMILES string of the molecule is CC(C)(C)OC(=O)C1CC2(CCN(c3ccc(Nc4ncc(Cl)c(Nc5ccccc5P(C)(C)=O)n4)cc3[N+](=O)[O-])CC2)C1.CC(C)(C)OC(=O)N1CC2(CCCCC2)C1.CP(C)(=O)c1ccccc1Nc1nc(Nc2ccc(F)c([N+](=O)[O-])c2)ncc1Cl.O=CO[O-].[H-].[K+].[K+]. The molecule has 4 aliphatic rings. The first-order valence-corrected chi connectivity index (χ1v) is 35.9. The molecular formula is C63H79Cl2FK2N12O13P2. The maximum Gasteiger partial charge on any atom is 1.00 e. The van der Waals surface area contributed by atoms with Crippen molar-refractivity contribution in [3.63, 3.8) is 0 Å². The molecular weight excluding hydrogens is 1360 g/mol. The number of para-hydroxylation sites is 2. The van der Waals surface area contributed by atoms with Crippen molar-refractivity contribution in [1.29, 1.82) is 0 Å².